The molecule has 0 saturated carbocycles. The number of carbonyl (C=O) groups excluding carboxylic acids is 1. The van der Waals surface area contributed by atoms with E-state index in [2.05, 4.69) is 6.07 Å². The molecule has 102 valence electrons. The Hall–Kier alpha value is -1.08. The lowest BCUT2D eigenvalue weighted by atomic mass is 10.2. The van der Waals surface area contributed by atoms with Gasteiger partial charge in [0, 0.05) is 19.1 Å². The molecule has 1 fully saturated rings. The van der Waals surface area contributed by atoms with Crippen LogP contribution < -0.4 is 0 Å². The zero-order valence-corrected chi connectivity index (χ0v) is 11.9. The Labute approximate surface area is 111 Å². The minimum Gasteiger partial charge on any atom is -0.341 e. The summed E-state index contributed by atoms with van der Waals surface area (Å²) in [5.74, 6) is 0.181. The normalized spacial score (nSPS) is 18.6. The van der Waals surface area contributed by atoms with Crippen molar-refractivity contribution in [1.29, 1.82) is 5.26 Å². The summed E-state index contributed by atoms with van der Waals surface area (Å²) in [7, 11) is 0. The predicted octanol–water partition coefficient (Wildman–Crippen LogP) is 2.01. The van der Waals surface area contributed by atoms with Gasteiger partial charge >= 0.3 is 0 Å². The van der Waals surface area contributed by atoms with Gasteiger partial charge in [-0.3, -0.25) is 9.69 Å². The maximum absolute atomic E-state index is 12.4. The first-order chi connectivity index (χ1) is 8.57. The summed E-state index contributed by atoms with van der Waals surface area (Å²) in [6.07, 6.45) is 4.67. The second-order valence-corrected chi connectivity index (χ2v) is 5.34. The number of amides is 1. The van der Waals surface area contributed by atoms with E-state index >= 15 is 0 Å². The lowest BCUT2D eigenvalue weighted by Crippen LogP contribution is -2.50. The molecule has 0 spiro atoms. The van der Waals surface area contributed by atoms with Crippen LogP contribution in [0.3, 0.4) is 0 Å². The highest BCUT2D eigenvalue weighted by atomic mass is 16.2. The molecule has 0 aromatic heterocycles. The van der Waals surface area contributed by atoms with Gasteiger partial charge in [-0.05, 0) is 33.6 Å². The lowest BCUT2D eigenvalue weighted by Gasteiger charge is -2.33. The molecule has 4 nitrogen and oxygen atoms in total. The van der Waals surface area contributed by atoms with Crippen LogP contribution in [0.4, 0.5) is 0 Å². The Morgan fingerprint density at radius 2 is 1.78 bits per heavy atom. The standard InChI is InChI=1S/C14H25N3O/c1-12(2)17(11-8-15)13(3)14(18)16-9-6-4-5-7-10-16/h12-13H,4-7,9-11H2,1-3H3. The van der Waals surface area contributed by atoms with Crippen LogP contribution in [0.2, 0.25) is 0 Å². The molecule has 1 unspecified atom stereocenters. The van der Waals surface area contributed by atoms with E-state index in [9.17, 15) is 4.79 Å². The zero-order valence-electron chi connectivity index (χ0n) is 11.9. The van der Waals surface area contributed by atoms with Gasteiger partial charge in [0.15, 0.2) is 0 Å². The number of carbonyl (C=O) groups is 1. The monoisotopic (exact) mass is 251 g/mol. The van der Waals surface area contributed by atoms with Crippen molar-refractivity contribution in [3.8, 4) is 6.07 Å². The maximum atomic E-state index is 12.4. The largest absolute Gasteiger partial charge is 0.341 e. The first-order valence-corrected chi connectivity index (χ1v) is 6.99. The van der Waals surface area contributed by atoms with E-state index in [-0.39, 0.29) is 18.0 Å². The fraction of sp³-hybridized carbons (Fsp3) is 0.857. The van der Waals surface area contributed by atoms with Crippen LogP contribution >= 0.6 is 0 Å². The molecule has 1 heterocycles. The molecule has 0 aromatic carbocycles. The van der Waals surface area contributed by atoms with Crippen molar-refractivity contribution < 1.29 is 4.79 Å². The number of nitriles is 1. The van der Waals surface area contributed by atoms with Crippen molar-refractivity contribution in [1.82, 2.24) is 9.80 Å². The molecule has 0 aliphatic carbocycles. The zero-order chi connectivity index (χ0) is 13.5. The number of hydrogen-bond acceptors (Lipinski definition) is 3. The molecule has 0 radical (unpaired) electrons. The minimum absolute atomic E-state index is 0.181. The minimum atomic E-state index is -0.192. The van der Waals surface area contributed by atoms with E-state index in [1.807, 2.05) is 30.6 Å². The Morgan fingerprint density at radius 1 is 1.22 bits per heavy atom. The molecule has 1 aliphatic heterocycles. The molecule has 0 N–H and O–H groups in total. The molecule has 1 aliphatic rings. The highest BCUT2D eigenvalue weighted by Gasteiger charge is 2.27. The van der Waals surface area contributed by atoms with Crippen LogP contribution in [0.5, 0.6) is 0 Å². The molecule has 18 heavy (non-hydrogen) atoms. The number of nitrogens with zero attached hydrogens (tertiary/aromatic N) is 3. The molecule has 1 amide bonds. The summed E-state index contributed by atoms with van der Waals surface area (Å²) in [6.45, 7) is 8.05. The molecular formula is C14H25N3O. The topological polar surface area (TPSA) is 47.3 Å². The van der Waals surface area contributed by atoms with E-state index < -0.39 is 0 Å². The van der Waals surface area contributed by atoms with Crippen LogP contribution in [0.25, 0.3) is 0 Å². The second kappa shape index (κ2) is 7.38. The molecule has 1 rings (SSSR count). The van der Waals surface area contributed by atoms with Gasteiger partial charge in [0.05, 0.1) is 18.7 Å². The van der Waals surface area contributed by atoms with Gasteiger partial charge in [0.1, 0.15) is 0 Å². The molecular weight excluding hydrogens is 226 g/mol. The predicted molar refractivity (Wildman–Crippen MR) is 72.0 cm³/mol. The first kappa shape index (κ1) is 15.0. The van der Waals surface area contributed by atoms with Crippen LogP contribution in [0.1, 0.15) is 46.5 Å². The van der Waals surface area contributed by atoms with Gasteiger partial charge < -0.3 is 4.90 Å². The summed E-state index contributed by atoms with van der Waals surface area (Å²) in [5.41, 5.74) is 0. The van der Waals surface area contributed by atoms with Gasteiger partial charge in [-0.15, -0.1) is 0 Å². The first-order valence-electron chi connectivity index (χ1n) is 6.99. The summed E-state index contributed by atoms with van der Waals surface area (Å²) >= 11 is 0. The summed E-state index contributed by atoms with van der Waals surface area (Å²) in [6, 6.07) is 2.18. The Morgan fingerprint density at radius 3 is 2.22 bits per heavy atom. The number of rotatable bonds is 4. The van der Waals surface area contributed by atoms with E-state index in [4.69, 9.17) is 5.26 Å². The lowest BCUT2D eigenvalue weighted by molar-refractivity contribution is -0.136. The van der Waals surface area contributed by atoms with Gasteiger partial charge in [0.2, 0.25) is 5.91 Å². The fourth-order valence-corrected chi connectivity index (χ4v) is 2.55. The van der Waals surface area contributed by atoms with Crippen LogP contribution in [-0.2, 0) is 4.79 Å². The summed E-state index contributed by atoms with van der Waals surface area (Å²) in [5, 5.41) is 8.85. The summed E-state index contributed by atoms with van der Waals surface area (Å²) < 4.78 is 0. The van der Waals surface area contributed by atoms with Gasteiger partial charge in [0.25, 0.3) is 0 Å². The Balaban J connectivity index is 2.65. The Kier molecular flexibility index (Phi) is 6.14. The maximum Gasteiger partial charge on any atom is 0.239 e. The highest BCUT2D eigenvalue weighted by Crippen LogP contribution is 2.14. The van der Waals surface area contributed by atoms with E-state index in [1.165, 1.54) is 12.8 Å². The average Bonchev–Trinajstić information content (AvgIpc) is 2.62. The SMILES string of the molecule is CC(C)N(CC#N)C(C)C(=O)N1CCCCCC1. The summed E-state index contributed by atoms with van der Waals surface area (Å²) in [4.78, 5) is 16.4. The van der Waals surface area contributed by atoms with Crippen molar-refractivity contribution in [3.05, 3.63) is 0 Å². The molecule has 4 heteroatoms. The van der Waals surface area contributed by atoms with Crippen molar-refractivity contribution >= 4 is 5.91 Å². The fourth-order valence-electron chi connectivity index (χ4n) is 2.55. The van der Waals surface area contributed by atoms with Crippen molar-refractivity contribution in [2.45, 2.75) is 58.5 Å². The van der Waals surface area contributed by atoms with Gasteiger partial charge in [-0.2, -0.15) is 5.26 Å². The average molecular weight is 251 g/mol. The van der Waals surface area contributed by atoms with Crippen LogP contribution in [-0.4, -0.2) is 47.4 Å². The second-order valence-electron chi connectivity index (χ2n) is 5.34. The molecule has 0 bridgehead atoms. The van der Waals surface area contributed by atoms with Crippen LogP contribution in [0, 0.1) is 11.3 Å². The Bertz CT molecular complexity index is 301. The molecule has 1 saturated heterocycles. The van der Waals surface area contributed by atoms with E-state index in [0.29, 0.717) is 6.54 Å². The van der Waals surface area contributed by atoms with Crippen LogP contribution in [0.15, 0.2) is 0 Å². The van der Waals surface area contributed by atoms with Crippen molar-refractivity contribution in [2.75, 3.05) is 19.6 Å². The highest BCUT2D eigenvalue weighted by molar-refractivity contribution is 5.81. The third kappa shape index (κ3) is 3.99. The number of likely N-dealkylation sites (tertiary alicyclic amines) is 1. The van der Waals surface area contributed by atoms with Gasteiger partial charge in [-0.25, -0.2) is 0 Å². The van der Waals surface area contributed by atoms with Crippen molar-refractivity contribution in [3.63, 3.8) is 0 Å². The van der Waals surface area contributed by atoms with Gasteiger partial charge in [-0.1, -0.05) is 12.8 Å². The third-order valence-electron chi connectivity index (χ3n) is 3.69. The third-order valence-corrected chi connectivity index (χ3v) is 3.69. The smallest absolute Gasteiger partial charge is 0.239 e. The quantitative estimate of drug-likeness (QED) is 0.718. The van der Waals surface area contributed by atoms with E-state index in [1.54, 1.807) is 0 Å². The molecule has 0 aromatic rings. The van der Waals surface area contributed by atoms with E-state index in [0.717, 1.165) is 25.9 Å². The van der Waals surface area contributed by atoms with Crippen molar-refractivity contribution in [2.24, 2.45) is 0 Å². The molecule has 1 atom stereocenters. The number of hydrogen-bond donors (Lipinski definition) is 0.